The van der Waals surface area contributed by atoms with Crippen LogP contribution in [0.4, 0.5) is 10.5 Å². The molecular weight excluding hydrogens is 226 g/mol. The fourth-order valence-electron chi connectivity index (χ4n) is 1.46. The van der Waals surface area contributed by atoms with Crippen molar-refractivity contribution in [2.75, 3.05) is 11.9 Å². The summed E-state index contributed by atoms with van der Waals surface area (Å²) < 4.78 is 0. The molecule has 0 saturated heterocycles. The number of rotatable bonds is 2. The molecule has 0 spiro atoms. The highest BCUT2D eigenvalue weighted by Crippen LogP contribution is 2.15. The average Bonchev–Trinajstić information content (AvgIpc) is 2.28. The van der Waals surface area contributed by atoms with Gasteiger partial charge in [-0.2, -0.15) is 0 Å². The predicted octanol–water partition coefficient (Wildman–Crippen LogP) is 1.84. The number of urea groups is 1. The molecule has 1 aromatic carbocycles. The highest BCUT2D eigenvalue weighted by Gasteiger charge is 2.05. The summed E-state index contributed by atoms with van der Waals surface area (Å²) in [4.78, 5) is 11.6. The van der Waals surface area contributed by atoms with Crippen molar-refractivity contribution < 1.29 is 4.79 Å². The van der Waals surface area contributed by atoms with E-state index in [-0.39, 0.29) is 12.1 Å². The van der Waals surface area contributed by atoms with Gasteiger partial charge in [-0.1, -0.05) is 11.8 Å². The maximum atomic E-state index is 11.6. The number of anilines is 1. The van der Waals surface area contributed by atoms with E-state index in [2.05, 4.69) is 22.5 Å². The van der Waals surface area contributed by atoms with Crippen LogP contribution in [0.15, 0.2) is 18.2 Å². The Morgan fingerprint density at radius 1 is 1.44 bits per heavy atom. The van der Waals surface area contributed by atoms with Crippen LogP contribution >= 0.6 is 0 Å². The zero-order valence-corrected chi connectivity index (χ0v) is 11.0. The molecule has 1 aromatic rings. The molecule has 4 N–H and O–H groups in total. The molecule has 0 fully saturated rings. The average molecular weight is 245 g/mol. The Morgan fingerprint density at radius 3 is 2.72 bits per heavy atom. The Kier molecular flexibility index (Phi) is 5.22. The normalized spacial score (nSPS) is 9.61. The van der Waals surface area contributed by atoms with Crippen LogP contribution in [-0.2, 0) is 0 Å². The first kappa shape index (κ1) is 14.1. The zero-order chi connectivity index (χ0) is 13.5. The number of carbonyl (C=O) groups is 1. The minimum Gasteiger partial charge on any atom is -0.336 e. The number of carbonyl (C=O) groups excluding carboxylic acids is 1. The third kappa shape index (κ3) is 4.48. The van der Waals surface area contributed by atoms with Gasteiger partial charge >= 0.3 is 6.03 Å². The molecule has 96 valence electrons. The van der Waals surface area contributed by atoms with Crippen molar-refractivity contribution in [3.63, 3.8) is 0 Å². The van der Waals surface area contributed by atoms with E-state index in [4.69, 9.17) is 5.73 Å². The lowest BCUT2D eigenvalue weighted by atomic mass is 10.1. The van der Waals surface area contributed by atoms with Crippen LogP contribution in [0.2, 0.25) is 0 Å². The van der Waals surface area contributed by atoms with Crippen LogP contribution in [0, 0.1) is 18.8 Å². The van der Waals surface area contributed by atoms with Gasteiger partial charge in [-0.25, -0.2) is 4.79 Å². The summed E-state index contributed by atoms with van der Waals surface area (Å²) >= 11 is 0. The van der Waals surface area contributed by atoms with Gasteiger partial charge in [0.2, 0.25) is 0 Å². The molecule has 0 heterocycles. The third-order valence-electron chi connectivity index (χ3n) is 2.23. The molecule has 0 aliphatic carbocycles. The third-order valence-corrected chi connectivity index (χ3v) is 2.23. The van der Waals surface area contributed by atoms with Crippen LogP contribution in [-0.4, -0.2) is 18.6 Å². The summed E-state index contributed by atoms with van der Waals surface area (Å²) in [6, 6.07) is 5.54. The quantitative estimate of drug-likeness (QED) is 0.696. The van der Waals surface area contributed by atoms with Gasteiger partial charge in [0.15, 0.2) is 0 Å². The number of nitrogens with two attached hydrogens (primary N) is 1. The summed E-state index contributed by atoms with van der Waals surface area (Å²) in [5.41, 5.74) is 7.97. The molecule has 0 atom stereocenters. The topological polar surface area (TPSA) is 67.1 Å². The van der Waals surface area contributed by atoms with E-state index in [0.717, 1.165) is 16.8 Å². The molecule has 1 rings (SSSR count). The Balaban J connectivity index is 2.77. The molecule has 18 heavy (non-hydrogen) atoms. The molecule has 0 bridgehead atoms. The van der Waals surface area contributed by atoms with Gasteiger partial charge in [0, 0.05) is 17.3 Å². The van der Waals surface area contributed by atoms with Gasteiger partial charge in [0.05, 0.1) is 6.54 Å². The van der Waals surface area contributed by atoms with E-state index in [1.807, 2.05) is 39.0 Å². The first-order valence-electron chi connectivity index (χ1n) is 5.90. The SMILES string of the molecule is Cc1cc(C#CCN)ccc1NC(=O)NC(C)C. The van der Waals surface area contributed by atoms with Crippen molar-refractivity contribution in [2.24, 2.45) is 5.73 Å². The standard InChI is InChI=1S/C14H19N3O/c1-10(2)16-14(18)17-13-7-6-12(5-4-8-15)9-11(13)3/h6-7,9-10H,8,15H2,1-3H3,(H2,16,17,18). The lowest BCUT2D eigenvalue weighted by molar-refractivity contribution is 0.250. The number of hydrogen-bond donors (Lipinski definition) is 3. The lowest BCUT2D eigenvalue weighted by Crippen LogP contribution is -2.34. The molecule has 0 aromatic heterocycles. The van der Waals surface area contributed by atoms with Crippen molar-refractivity contribution in [1.82, 2.24) is 5.32 Å². The van der Waals surface area contributed by atoms with Crippen LogP contribution in [0.3, 0.4) is 0 Å². The van der Waals surface area contributed by atoms with Gasteiger partial charge in [-0.05, 0) is 44.5 Å². The van der Waals surface area contributed by atoms with Crippen molar-refractivity contribution in [3.05, 3.63) is 29.3 Å². The van der Waals surface area contributed by atoms with Crippen molar-refractivity contribution in [1.29, 1.82) is 0 Å². The van der Waals surface area contributed by atoms with Crippen LogP contribution in [0.25, 0.3) is 0 Å². The number of nitrogens with one attached hydrogen (secondary N) is 2. The fraction of sp³-hybridized carbons (Fsp3) is 0.357. The zero-order valence-electron chi connectivity index (χ0n) is 11.0. The Labute approximate surface area is 108 Å². The Morgan fingerprint density at radius 2 is 2.17 bits per heavy atom. The van der Waals surface area contributed by atoms with Gasteiger partial charge < -0.3 is 16.4 Å². The summed E-state index contributed by atoms with van der Waals surface area (Å²) in [6.07, 6.45) is 0. The minimum absolute atomic E-state index is 0.111. The van der Waals surface area contributed by atoms with Crippen molar-refractivity contribution in [3.8, 4) is 11.8 Å². The van der Waals surface area contributed by atoms with E-state index < -0.39 is 0 Å². The predicted molar refractivity (Wildman–Crippen MR) is 74.4 cm³/mol. The molecular formula is C14H19N3O. The van der Waals surface area contributed by atoms with E-state index >= 15 is 0 Å². The maximum absolute atomic E-state index is 11.6. The Bertz CT molecular complexity index is 484. The number of aryl methyl sites for hydroxylation is 1. The van der Waals surface area contributed by atoms with E-state index in [1.165, 1.54) is 0 Å². The molecule has 0 aliphatic rings. The summed E-state index contributed by atoms with van der Waals surface area (Å²) in [7, 11) is 0. The van der Waals surface area contributed by atoms with Crippen LogP contribution in [0.1, 0.15) is 25.0 Å². The maximum Gasteiger partial charge on any atom is 0.319 e. The first-order valence-corrected chi connectivity index (χ1v) is 5.90. The second-order valence-electron chi connectivity index (χ2n) is 4.29. The van der Waals surface area contributed by atoms with Crippen molar-refractivity contribution >= 4 is 11.7 Å². The van der Waals surface area contributed by atoms with Crippen LogP contribution in [0.5, 0.6) is 0 Å². The van der Waals surface area contributed by atoms with Crippen LogP contribution < -0.4 is 16.4 Å². The molecule has 0 unspecified atom stereocenters. The lowest BCUT2D eigenvalue weighted by Gasteiger charge is -2.12. The molecule has 4 heteroatoms. The van der Waals surface area contributed by atoms with E-state index in [9.17, 15) is 4.79 Å². The highest BCUT2D eigenvalue weighted by atomic mass is 16.2. The van der Waals surface area contributed by atoms with Gasteiger partial charge in [-0.3, -0.25) is 0 Å². The summed E-state index contributed by atoms with van der Waals surface area (Å²) in [5, 5.41) is 5.57. The largest absolute Gasteiger partial charge is 0.336 e. The van der Waals surface area contributed by atoms with E-state index in [0.29, 0.717) is 6.54 Å². The second kappa shape index (κ2) is 6.67. The fourth-order valence-corrected chi connectivity index (χ4v) is 1.46. The molecule has 0 radical (unpaired) electrons. The molecule has 0 saturated carbocycles. The van der Waals surface area contributed by atoms with Gasteiger partial charge in [0.1, 0.15) is 0 Å². The second-order valence-corrected chi connectivity index (χ2v) is 4.29. The molecule has 2 amide bonds. The Hall–Kier alpha value is -1.99. The smallest absolute Gasteiger partial charge is 0.319 e. The first-order chi connectivity index (χ1) is 8.52. The number of amides is 2. The monoisotopic (exact) mass is 245 g/mol. The van der Waals surface area contributed by atoms with Gasteiger partial charge in [-0.15, -0.1) is 0 Å². The summed E-state index contributed by atoms with van der Waals surface area (Å²) in [6.45, 7) is 6.10. The van der Waals surface area contributed by atoms with Crippen molar-refractivity contribution in [2.45, 2.75) is 26.8 Å². The van der Waals surface area contributed by atoms with E-state index in [1.54, 1.807) is 0 Å². The minimum atomic E-state index is -0.200. The highest BCUT2D eigenvalue weighted by molar-refractivity contribution is 5.90. The molecule has 0 aliphatic heterocycles. The molecule has 4 nitrogen and oxygen atoms in total. The number of hydrogen-bond acceptors (Lipinski definition) is 2. The van der Waals surface area contributed by atoms with Gasteiger partial charge in [0.25, 0.3) is 0 Å². The summed E-state index contributed by atoms with van der Waals surface area (Å²) in [5.74, 6) is 5.75. The number of benzene rings is 1.